The summed E-state index contributed by atoms with van der Waals surface area (Å²) in [5.41, 5.74) is 8.62. The zero-order chi connectivity index (χ0) is 23.0. The molecule has 164 valence electrons. The van der Waals surface area contributed by atoms with Crippen LogP contribution in [0.5, 0.6) is 0 Å². The van der Waals surface area contributed by atoms with Crippen molar-refractivity contribution in [1.82, 2.24) is 20.1 Å². The normalized spacial score (nSPS) is 12.2. The first-order chi connectivity index (χ1) is 15.3. The molecule has 2 aromatic heterocycles. The van der Waals surface area contributed by atoms with Gasteiger partial charge in [0.2, 0.25) is 0 Å². The molecule has 2 heterocycles. The Morgan fingerprint density at radius 3 is 2.34 bits per heavy atom. The van der Waals surface area contributed by atoms with E-state index in [1.807, 2.05) is 43.7 Å². The quantitative estimate of drug-likeness (QED) is 0.436. The Labute approximate surface area is 189 Å². The van der Waals surface area contributed by atoms with Gasteiger partial charge < -0.3 is 5.32 Å². The minimum atomic E-state index is -0.115. The molecule has 0 spiro atoms. The van der Waals surface area contributed by atoms with E-state index in [1.54, 1.807) is 0 Å². The standard InChI is InChI=1S/C27H30N4O/c1-7-31-26-25(20(6)30-31)23(15-24(29-26)21-11-8-16(2)9-12-21)27(32)28-19(5)22-13-10-17(3)14-18(22)4/h8-15,19H,7H2,1-6H3,(H,28,32)/t19-/m1/s1. The van der Waals surface area contributed by atoms with E-state index >= 15 is 0 Å². The van der Waals surface area contributed by atoms with Gasteiger partial charge in [-0.25, -0.2) is 9.67 Å². The van der Waals surface area contributed by atoms with Crippen LogP contribution in [0.2, 0.25) is 0 Å². The molecule has 1 atom stereocenters. The molecule has 0 aliphatic heterocycles. The summed E-state index contributed by atoms with van der Waals surface area (Å²) in [6.07, 6.45) is 0. The minimum Gasteiger partial charge on any atom is -0.345 e. The summed E-state index contributed by atoms with van der Waals surface area (Å²) >= 11 is 0. The van der Waals surface area contributed by atoms with Crippen LogP contribution in [0.15, 0.2) is 48.5 Å². The Balaban J connectivity index is 1.80. The van der Waals surface area contributed by atoms with Gasteiger partial charge in [0.25, 0.3) is 5.91 Å². The fraction of sp³-hybridized carbons (Fsp3) is 0.296. The molecule has 0 saturated carbocycles. The molecule has 0 saturated heterocycles. The molecular formula is C27H30N4O. The van der Waals surface area contributed by atoms with Crippen molar-refractivity contribution in [2.24, 2.45) is 0 Å². The fourth-order valence-electron chi connectivity index (χ4n) is 4.29. The summed E-state index contributed by atoms with van der Waals surface area (Å²) in [6, 6.07) is 16.3. The van der Waals surface area contributed by atoms with E-state index in [-0.39, 0.29) is 11.9 Å². The lowest BCUT2D eigenvalue weighted by Gasteiger charge is -2.18. The number of hydrogen-bond acceptors (Lipinski definition) is 3. The number of carbonyl (C=O) groups is 1. The molecule has 0 aliphatic rings. The summed E-state index contributed by atoms with van der Waals surface area (Å²) in [7, 11) is 0. The number of benzene rings is 2. The van der Waals surface area contributed by atoms with Crippen molar-refractivity contribution in [1.29, 1.82) is 0 Å². The molecule has 4 aromatic rings. The van der Waals surface area contributed by atoms with Gasteiger partial charge in [0.1, 0.15) is 0 Å². The lowest BCUT2D eigenvalue weighted by atomic mass is 9.99. The van der Waals surface area contributed by atoms with E-state index in [2.05, 4.69) is 61.5 Å². The van der Waals surface area contributed by atoms with Crippen LogP contribution in [0.1, 0.15) is 58.2 Å². The molecule has 1 amide bonds. The Morgan fingerprint density at radius 2 is 1.69 bits per heavy atom. The van der Waals surface area contributed by atoms with E-state index in [9.17, 15) is 4.79 Å². The predicted octanol–water partition coefficient (Wildman–Crippen LogP) is 5.84. The number of carbonyl (C=O) groups excluding carboxylic acids is 1. The Hall–Kier alpha value is -3.47. The van der Waals surface area contributed by atoms with Crippen LogP contribution >= 0.6 is 0 Å². The first-order valence-electron chi connectivity index (χ1n) is 11.1. The number of aromatic nitrogens is 3. The van der Waals surface area contributed by atoms with Crippen LogP contribution in [0.25, 0.3) is 22.3 Å². The summed E-state index contributed by atoms with van der Waals surface area (Å²) in [4.78, 5) is 18.4. The second-order valence-corrected chi connectivity index (χ2v) is 8.58. The highest BCUT2D eigenvalue weighted by atomic mass is 16.1. The van der Waals surface area contributed by atoms with E-state index in [0.29, 0.717) is 12.1 Å². The van der Waals surface area contributed by atoms with Crippen LogP contribution in [0.3, 0.4) is 0 Å². The number of nitrogens with zero attached hydrogens (tertiary/aromatic N) is 3. The molecular weight excluding hydrogens is 396 g/mol. The third kappa shape index (κ3) is 4.03. The molecule has 5 nitrogen and oxygen atoms in total. The number of fused-ring (bicyclic) bond motifs is 1. The molecule has 32 heavy (non-hydrogen) atoms. The number of nitrogens with one attached hydrogen (secondary N) is 1. The first-order valence-corrected chi connectivity index (χ1v) is 11.1. The van der Waals surface area contributed by atoms with Gasteiger partial charge in [-0.2, -0.15) is 5.10 Å². The molecule has 1 N–H and O–H groups in total. The van der Waals surface area contributed by atoms with Crippen molar-refractivity contribution < 1.29 is 4.79 Å². The van der Waals surface area contributed by atoms with Gasteiger partial charge in [0.15, 0.2) is 5.65 Å². The number of hydrogen-bond donors (Lipinski definition) is 1. The van der Waals surface area contributed by atoms with Gasteiger partial charge in [0.05, 0.1) is 28.4 Å². The molecule has 0 fully saturated rings. The van der Waals surface area contributed by atoms with E-state index in [1.165, 1.54) is 16.7 Å². The largest absolute Gasteiger partial charge is 0.345 e. The van der Waals surface area contributed by atoms with Crippen LogP contribution in [-0.4, -0.2) is 20.7 Å². The van der Waals surface area contributed by atoms with Gasteiger partial charge in [0, 0.05) is 12.1 Å². The second-order valence-electron chi connectivity index (χ2n) is 8.58. The Morgan fingerprint density at radius 1 is 1.00 bits per heavy atom. The average Bonchev–Trinajstić information content (AvgIpc) is 3.09. The maximum Gasteiger partial charge on any atom is 0.252 e. The van der Waals surface area contributed by atoms with Gasteiger partial charge in [-0.15, -0.1) is 0 Å². The molecule has 4 rings (SSSR count). The summed E-state index contributed by atoms with van der Waals surface area (Å²) in [5, 5.41) is 8.65. The summed E-state index contributed by atoms with van der Waals surface area (Å²) in [6.45, 7) is 12.9. The van der Waals surface area contributed by atoms with E-state index in [0.717, 1.165) is 33.5 Å². The number of rotatable bonds is 5. The fourth-order valence-corrected chi connectivity index (χ4v) is 4.29. The molecule has 5 heteroatoms. The van der Waals surface area contributed by atoms with Gasteiger partial charge >= 0.3 is 0 Å². The van der Waals surface area contributed by atoms with Crippen molar-refractivity contribution >= 4 is 16.9 Å². The molecule has 0 aliphatic carbocycles. The van der Waals surface area contributed by atoms with Gasteiger partial charge in [-0.05, 0) is 58.7 Å². The third-order valence-corrected chi connectivity index (χ3v) is 6.01. The summed E-state index contributed by atoms with van der Waals surface area (Å²) in [5.74, 6) is -0.114. The highest BCUT2D eigenvalue weighted by Crippen LogP contribution is 2.28. The maximum absolute atomic E-state index is 13.5. The lowest BCUT2D eigenvalue weighted by Crippen LogP contribution is -2.27. The molecule has 2 aromatic carbocycles. The predicted molar refractivity (Wildman–Crippen MR) is 130 cm³/mol. The van der Waals surface area contributed by atoms with Crippen LogP contribution in [0.4, 0.5) is 0 Å². The van der Waals surface area contributed by atoms with Crippen LogP contribution in [-0.2, 0) is 6.54 Å². The first kappa shape index (κ1) is 21.8. The molecule has 0 unspecified atom stereocenters. The second kappa shape index (κ2) is 8.58. The average molecular weight is 427 g/mol. The van der Waals surface area contributed by atoms with Gasteiger partial charge in [-0.3, -0.25) is 4.79 Å². The maximum atomic E-state index is 13.5. The van der Waals surface area contributed by atoms with Crippen molar-refractivity contribution in [3.8, 4) is 11.3 Å². The number of pyridine rings is 1. The zero-order valence-corrected chi connectivity index (χ0v) is 19.7. The van der Waals surface area contributed by atoms with E-state index < -0.39 is 0 Å². The van der Waals surface area contributed by atoms with Crippen molar-refractivity contribution in [2.75, 3.05) is 0 Å². The number of amides is 1. The van der Waals surface area contributed by atoms with Gasteiger partial charge in [-0.1, -0.05) is 53.6 Å². The number of aryl methyl sites for hydroxylation is 5. The van der Waals surface area contributed by atoms with Crippen LogP contribution in [0, 0.1) is 27.7 Å². The topological polar surface area (TPSA) is 59.8 Å². The third-order valence-electron chi connectivity index (χ3n) is 6.01. The van der Waals surface area contributed by atoms with Crippen molar-refractivity contribution in [2.45, 2.75) is 54.1 Å². The smallest absolute Gasteiger partial charge is 0.252 e. The Bertz CT molecular complexity index is 1300. The summed E-state index contributed by atoms with van der Waals surface area (Å²) < 4.78 is 1.87. The Kier molecular flexibility index (Phi) is 5.83. The SMILES string of the molecule is CCn1nc(C)c2c(C(=O)N[C@H](C)c3ccc(C)cc3C)cc(-c3ccc(C)cc3)nc21. The highest BCUT2D eigenvalue weighted by molar-refractivity contribution is 6.07. The molecule has 0 bridgehead atoms. The van der Waals surface area contributed by atoms with Crippen molar-refractivity contribution in [3.63, 3.8) is 0 Å². The minimum absolute atomic E-state index is 0.114. The highest BCUT2D eigenvalue weighted by Gasteiger charge is 2.21. The van der Waals surface area contributed by atoms with E-state index in [4.69, 9.17) is 4.98 Å². The lowest BCUT2D eigenvalue weighted by molar-refractivity contribution is 0.0941. The molecule has 0 radical (unpaired) electrons. The monoisotopic (exact) mass is 426 g/mol. The zero-order valence-electron chi connectivity index (χ0n) is 19.7. The van der Waals surface area contributed by atoms with Crippen molar-refractivity contribution in [3.05, 3.63) is 82.0 Å². The van der Waals surface area contributed by atoms with Crippen LogP contribution < -0.4 is 5.32 Å².